The summed E-state index contributed by atoms with van der Waals surface area (Å²) < 4.78 is 1.81. The van der Waals surface area contributed by atoms with Crippen LogP contribution in [-0.4, -0.2) is 40.1 Å². The van der Waals surface area contributed by atoms with Crippen molar-refractivity contribution in [1.29, 1.82) is 5.26 Å². The Labute approximate surface area is 108 Å². The molecule has 1 aromatic rings. The molecular formula is C12H20N4S. The summed E-state index contributed by atoms with van der Waals surface area (Å²) in [6.07, 6.45) is 0. The van der Waals surface area contributed by atoms with Gasteiger partial charge >= 0.3 is 0 Å². The van der Waals surface area contributed by atoms with E-state index in [0.29, 0.717) is 0 Å². The fourth-order valence-corrected chi connectivity index (χ4v) is 2.85. The van der Waals surface area contributed by atoms with Crippen molar-refractivity contribution in [3.05, 3.63) is 11.3 Å². The minimum atomic E-state index is 0.719. The number of hydrogen-bond acceptors (Lipinski definition) is 4. The largest absolute Gasteiger partial charge is 0.303 e. The highest BCUT2D eigenvalue weighted by Gasteiger charge is 2.13. The molecule has 1 rings (SSSR count). The minimum absolute atomic E-state index is 0.719. The molecule has 0 radical (unpaired) electrons. The van der Waals surface area contributed by atoms with Gasteiger partial charge in [0.25, 0.3) is 0 Å². The summed E-state index contributed by atoms with van der Waals surface area (Å²) in [6.45, 7) is 9.42. The van der Waals surface area contributed by atoms with Gasteiger partial charge in [0.1, 0.15) is 16.7 Å². The lowest BCUT2D eigenvalue weighted by molar-refractivity contribution is 0.324. The zero-order valence-electron chi connectivity index (χ0n) is 11.0. The highest BCUT2D eigenvalue weighted by Crippen LogP contribution is 2.23. The Kier molecular flexibility index (Phi) is 5.52. The molecule has 0 saturated carbocycles. The van der Waals surface area contributed by atoms with Crippen molar-refractivity contribution < 1.29 is 0 Å². The fourth-order valence-electron chi connectivity index (χ4n) is 1.74. The Morgan fingerprint density at radius 1 is 1.41 bits per heavy atom. The maximum atomic E-state index is 9.09. The van der Waals surface area contributed by atoms with Crippen LogP contribution in [0, 0.1) is 18.3 Å². The van der Waals surface area contributed by atoms with Gasteiger partial charge in [-0.3, -0.25) is 4.68 Å². The molecule has 0 N–H and O–H groups in total. The van der Waals surface area contributed by atoms with Crippen molar-refractivity contribution in [2.45, 2.75) is 25.8 Å². The number of rotatable bonds is 6. The molecule has 0 unspecified atom stereocenters. The van der Waals surface area contributed by atoms with E-state index in [1.807, 2.05) is 14.0 Å². The second kappa shape index (κ2) is 6.67. The zero-order valence-corrected chi connectivity index (χ0v) is 11.8. The fraction of sp³-hybridized carbons (Fsp3) is 0.667. The number of hydrogen-bond donors (Lipinski definition) is 0. The molecule has 94 valence electrons. The smallest absolute Gasteiger partial charge is 0.112 e. The molecule has 0 atom stereocenters. The quantitative estimate of drug-likeness (QED) is 0.727. The molecule has 5 heteroatoms. The molecule has 0 bridgehead atoms. The molecule has 1 aromatic heterocycles. The van der Waals surface area contributed by atoms with Crippen LogP contribution in [0.5, 0.6) is 0 Å². The van der Waals surface area contributed by atoms with Crippen molar-refractivity contribution in [3.8, 4) is 6.07 Å². The second-order valence-corrected chi connectivity index (χ2v) is 4.96. The first-order valence-corrected chi connectivity index (χ1v) is 6.91. The minimum Gasteiger partial charge on any atom is -0.303 e. The molecule has 0 aromatic carbocycles. The van der Waals surface area contributed by atoms with Crippen LogP contribution in [0.1, 0.15) is 25.1 Å². The van der Waals surface area contributed by atoms with Crippen LogP contribution in [-0.2, 0) is 7.05 Å². The van der Waals surface area contributed by atoms with Gasteiger partial charge in [-0.2, -0.15) is 10.4 Å². The molecule has 4 nitrogen and oxygen atoms in total. The van der Waals surface area contributed by atoms with Gasteiger partial charge < -0.3 is 4.90 Å². The molecule has 17 heavy (non-hydrogen) atoms. The Hall–Kier alpha value is -0.990. The van der Waals surface area contributed by atoms with Crippen LogP contribution >= 0.6 is 11.8 Å². The third-order valence-corrected chi connectivity index (χ3v) is 3.95. The number of aryl methyl sites for hydroxylation is 2. The van der Waals surface area contributed by atoms with E-state index in [1.165, 1.54) is 0 Å². The number of nitriles is 1. The van der Waals surface area contributed by atoms with Crippen LogP contribution in [0.15, 0.2) is 5.03 Å². The van der Waals surface area contributed by atoms with E-state index >= 15 is 0 Å². The van der Waals surface area contributed by atoms with Crippen LogP contribution in [0.3, 0.4) is 0 Å². The summed E-state index contributed by atoms with van der Waals surface area (Å²) in [5.74, 6) is 0.995. The molecular weight excluding hydrogens is 232 g/mol. The van der Waals surface area contributed by atoms with E-state index in [-0.39, 0.29) is 0 Å². The monoisotopic (exact) mass is 252 g/mol. The van der Waals surface area contributed by atoms with E-state index < -0.39 is 0 Å². The van der Waals surface area contributed by atoms with E-state index in [2.05, 4.69) is 29.9 Å². The van der Waals surface area contributed by atoms with Crippen LogP contribution in [0.25, 0.3) is 0 Å². The highest BCUT2D eigenvalue weighted by atomic mass is 32.2. The first-order valence-electron chi connectivity index (χ1n) is 5.92. The maximum Gasteiger partial charge on any atom is 0.112 e. The van der Waals surface area contributed by atoms with Crippen LogP contribution < -0.4 is 0 Å². The van der Waals surface area contributed by atoms with Crippen LogP contribution in [0.2, 0.25) is 0 Å². The lowest BCUT2D eigenvalue weighted by atomic mass is 10.3. The van der Waals surface area contributed by atoms with E-state index in [4.69, 9.17) is 5.26 Å². The Morgan fingerprint density at radius 3 is 2.59 bits per heavy atom. The van der Waals surface area contributed by atoms with E-state index in [9.17, 15) is 0 Å². The number of nitrogens with zero attached hydrogens (tertiary/aromatic N) is 4. The molecule has 0 aliphatic heterocycles. The van der Waals surface area contributed by atoms with Crippen LogP contribution in [0.4, 0.5) is 0 Å². The highest BCUT2D eigenvalue weighted by molar-refractivity contribution is 7.99. The Bertz CT molecular complexity index is 401. The van der Waals surface area contributed by atoms with Crippen molar-refractivity contribution in [3.63, 3.8) is 0 Å². The van der Waals surface area contributed by atoms with Gasteiger partial charge in [-0.15, -0.1) is 11.8 Å². The summed E-state index contributed by atoms with van der Waals surface area (Å²) >= 11 is 1.71. The van der Waals surface area contributed by atoms with E-state index in [1.54, 1.807) is 16.4 Å². The molecule has 0 aliphatic rings. The summed E-state index contributed by atoms with van der Waals surface area (Å²) in [5.41, 5.74) is 1.54. The zero-order chi connectivity index (χ0) is 12.8. The van der Waals surface area contributed by atoms with Gasteiger partial charge in [0.15, 0.2) is 0 Å². The summed E-state index contributed by atoms with van der Waals surface area (Å²) in [5, 5.41) is 14.3. The third-order valence-electron chi connectivity index (χ3n) is 2.82. The number of thioether (sulfide) groups is 1. The molecule has 0 amide bonds. The molecule has 0 fully saturated rings. The van der Waals surface area contributed by atoms with Gasteiger partial charge in [-0.25, -0.2) is 0 Å². The Balaban J connectivity index is 2.61. The topological polar surface area (TPSA) is 44.9 Å². The molecule has 0 aliphatic carbocycles. The normalized spacial score (nSPS) is 10.8. The lowest BCUT2D eigenvalue weighted by Crippen LogP contribution is -2.25. The summed E-state index contributed by atoms with van der Waals surface area (Å²) in [4.78, 5) is 2.38. The average Bonchev–Trinajstić information content (AvgIpc) is 2.59. The van der Waals surface area contributed by atoms with Gasteiger partial charge in [-0.1, -0.05) is 13.8 Å². The SMILES string of the molecule is CCN(CC)CCSc1c(C#N)c(C)nn1C. The predicted octanol–water partition coefficient (Wildman–Crippen LogP) is 2.03. The van der Waals surface area contributed by atoms with Gasteiger partial charge in [0.2, 0.25) is 0 Å². The average molecular weight is 252 g/mol. The molecule has 0 spiro atoms. The predicted molar refractivity (Wildman–Crippen MR) is 71.2 cm³/mol. The molecule has 0 saturated heterocycles. The van der Waals surface area contributed by atoms with Crippen molar-refractivity contribution >= 4 is 11.8 Å². The first-order chi connectivity index (χ1) is 8.13. The third kappa shape index (κ3) is 3.48. The number of aromatic nitrogens is 2. The van der Waals surface area contributed by atoms with Crippen molar-refractivity contribution in [2.75, 3.05) is 25.4 Å². The van der Waals surface area contributed by atoms with Gasteiger partial charge in [0.05, 0.1) is 5.69 Å². The molecule has 1 heterocycles. The Morgan fingerprint density at radius 2 is 2.06 bits per heavy atom. The van der Waals surface area contributed by atoms with E-state index in [0.717, 1.165) is 41.7 Å². The second-order valence-electron chi connectivity index (χ2n) is 3.88. The standard InChI is InChI=1S/C12H20N4S/c1-5-16(6-2)7-8-17-12-11(9-13)10(3)14-15(12)4/h5-8H2,1-4H3. The first kappa shape index (κ1) is 14.1. The van der Waals surface area contributed by atoms with Crippen molar-refractivity contribution in [1.82, 2.24) is 14.7 Å². The van der Waals surface area contributed by atoms with Crippen molar-refractivity contribution in [2.24, 2.45) is 7.05 Å². The lowest BCUT2D eigenvalue weighted by Gasteiger charge is -2.17. The maximum absolute atomic E-state index is 9.09. The summed E-state index contributed by atoms with van der Waals surface area (Å²) in [7, 11) is 1.90. The summed E-state index contributed by atoms with van der Waals surface area (Å²) in [6, 6.07) is 2.23. The van der Waals surface area contributed by atoms with Gasteiger partial charge in [-0.05, 0) is 20.0 Å². The van der Waals surface area contributed by atoms with Gasteiger partial charge in [0, 0.05) is 19.3 Å².